The lowest BCUT2D eigenvalue weighted by atomic mass is 10.0. The molecule has 0 bridgehead atoms. The molecule has 0 saturated heterocycles. The monoisotopic (exact) mass is 306 g/mol. The van der Waals surface area contributed by atoms with E-state index in [9.17, 15) is 4.39 Å². The Morgan fingerprint density at radius 2 is 1.95 bits per heavy atom. The van der Waals surface area contributed by atoms with Crippen LogP contribution in [0.15, 0.2) is 42.5 Å². The van der Waals surface area contributed by atoms with Crippen LogP contribution < -0.4 is 10.6 Å². The molecule has 21 heavy (non-hydrogen) atoms. The minimum Gasteiger partial charge on any atom is -0.363 e. The number of hydrogen-bond acceptors (Lipinski definition) is 2. The summed E-state index contributed by atoms with van der Waals surface area (Å²) in [6.07, 6.45) is 0. The number of benzene rings is 2. The first-order valence-corrected chi connectivity index (χ1v) is 7.43. The minimum absolute atomic E-state index is 0.0331. The molecule has 2 nitrogen and oxygen atoms in total. The van der Waals surface area contributed by atoms with Crippen LogP contribution in [0.25, 0.3) is 0 Å². The molecule has 0 heterocycles. The molecule has 0 aliphatic rings. The van der Waals surface area contributed by atoms with Crippen molar-refractivity contribution < 1.29 is 4.39 Å². The van der Waals surface area contributed by atoms with E-state index in [1.807, 2.05) is 12.1 Å². The molecule has 2 aromatic rings. The van der Waals surface area contributed by atoms with E-state index in [4.69, 9.17) is 17.3 Å². The minimum atomic E-state index is -0.407. The summed E-state index contributed by atoms with van der Waals surface area (Å²) < 4.78 is 13.4. The molecule has 0 radical (unpaired) electrons. The summed E-state index contributed by atoms with van der Waals surface area (Å²) in [5.74, 6) is -0.407. The molecule has 0 aliphatic heterocycles. The van der Waals surface area contributed by atoms with Crippen molar-refractivity contribution in [2.45, 2.75) is 19.9 Å². The first-order valence-electron chi connectivity index (χ1n) is 7.05. The van der Waals surface area contributed by atoms with Crippen LogP contribution in [0.5, 0.6) is 0 Å². The average Bonchev–Trinajstić information content (AvgIpc) is 2.49. The van der Waals surface area contributed by atoms with Gasteiger partial charge >= 0.3 is 0 Å². The van der Waals surface area contributed by atoms with E-state index in [1.165, 1.54) is 11.6 Å². The van der Waals surface area contributed by atoms with Gasteiger partial charge in [-0.25, -0.2) is 4.39 Å². The molecule has 0 aromatic heterocycles. The maximum Gasteiger partial charge on any atom is 0.141 e. The summed E-state index contributed by atoms with van der Waals surface area (Å²) in [5.41, 5.74) is 9.22. The molecule has 0 spiro atoms. The smallest absolute Gasteiger partial charge is 0.141 e. The van der Waals surface area contributed by atoms with Crippen LogP contribution in [-0.2, 0) is 0 Å². The number of aryl methyl sites for hydroxylation is 1. The third-order valence-corrected chi connectivity index (χ3v) is 3.98. The number of anilines is 1. The van der Waals surface area contributed by atoms with Gasteiger partial charge < -0.3 is 10.6 Å². The van der Waals surface area contributed by atoms with E-state index in [0.29, 0.717) is 6.54 Å². The number of halogens is 2. The van der Waals surface area contributed by atoms with Crippen molar-refractivity contribution in [1.29, 1.82) is 0 Å². The zero-order valence-corrected chi connectivity index (χ0v) is 13.1. The highest BCUT2D eigenvalue weighted by atomic mass is 35.5. The van der Waals surface area contributed by atoms with E-state index in [-0.39, 0.29) is 11.1 Å². The lowest BCUT2D eigenvalue weighted by molar-refractivity contribution is 0.617. The number of likely N-dealkylation sites (N-methyl/N-ethyl adjacent to an activating group) is 1. The molecule has 2 N–H and O–H groups in total. The maximum absolute atomic E-state index is 13.4. The summed E-state index contributed by atoms with van der Waals surface area (Å²) in [4.78, 5) is 2.22. The van der Waals surface area contributed by atoms with Crippen LogP contribution in [0.3, 0.4) is 0 Å². The Bertz CT molecular complexity index is 615. The highest BCUT2D eigenvalue weighted by Gasteiger charge is 2.20. The van der Waals surface area contributed by atoms with Crippen LogP contribution in [0.2, 0.25) is 5.02 Å². The zero-order valence-electron chi connectivity index (χ0n) is 12.3. The normalized spacial score (nSPS) is 12.2. The van der Waals surface area contributed by atoms with Gasteiger partial charge in [0.25, 0.3) is 0 Å². The van der Waals surface area contributed by atoms with Gasteiger partial charge in [0.15, 0.2) is 0 Å². The summed E-state index contributed by atoms with van der Waals surface area (Å²) in [7, 11) is 0. The molecular formula is C17H20ClFN2. The van der Waals surface area contributed by atoms with E-state index in [0.717, 1.165) is 17.8 Å². The fourth-order valence-corrected chi connectivity index (χ4v) is 2.80. The first-order chi connectivity index (χ1) is 10.1. The largest absolute Gasteiger partial charge is 0.363 e. The molecule has 2 rings (SSSR count). The second-order valence-corrected chi connectivity index (χ2v) is 5.40. The van der Waals surface area contributed by atoms with Crippen molar-refractivity contribution in [3.05, 3.63) is 64.4 Å². The van der Waals surface area contributed by atoms with E-state index in [2.05, 4.69) is 30.9 Å². The van der Waals surface area contributed by atoms with Gasteiger partial charge in [0.05, 0.1) is 11.1 Å². The molecule has 1 unspecified atom stereocenters. The SMILES string of the molecule is CCN(c1ccccc1C)C(CN)c1ccc(F)c(Cl)c1. The van der Waals surface area contributed by atoms with Crippen LogP contribution in [0.1, 0.15) is 24.1 Å². The van der Waals surface area contributed by atoms with Crippen molar-refractivity contribution >= 4 is 17.3 Å². The van der Waals surface area contributed by atoms with Crippen molar-refractivity contribution in [3.8, 4) is 0 Å². The number of hydrogen-bond donors (Lipinski definition) is 1. The highest BCUT2D eigenvalue weighted by molar-refractivity contribution is 6.30. The number of nitrogens with zero attached hydrogens (tertiary/aromatic N) is 1. The van der Waals surface area contributed by atoms with Gasteiger partial charge in [-0.15, -0.1) is 0 Å². The van der Waals surface area contributed by atoms with Gasteiger partial charge in [0.1, 0.15) is 5.82 Å². The first kappa shape index (κ1) is 15.8. The Morgan fingerprint density at radius 1 is 1.24 bits per heavy atom. The topological polar surface area (TPSA) is 29.3 Å². The second-order valence-electron chi connectivity index (χ2n) is 5.00. The Morgan fingerprint density at radius 3 is 2.52 bits per heavy atom. The molecule has 0 fully saturated rings. The highest BCUT2D eigenvalue weighted by Crippen LogP contribution is 2.30. The molecule has 112 valence electrons. The van der Waals surface area contributed by atoms with E-state index < -0.39 is 5.82 Å². The molecule has 0 saturated carbocycles. The molecular weight excluding hydrogens is 287 g/mol. The van der Waals surface area contributed by atoms with Gasteiger partial charge in [-0.3, -0.25) is 0 Å². The Hall–Kier alpha value is -1.58. The fourth-order valence-electron chi connectivity index (χ4n) is 2.61. The van der Waals surface area contributed by atoms with E-state index in [1.54, 1.807) is 12.1 Å². The van der Waals surface area contributed by atoms with Crippen LogP contribution >= 0.6 is 11.6 Å². The predicted octanol–water partition coefficient (Wildman–Crippen LogP) is 4.31. The predicted molar refractivity (Wildman–Crippen MR) is 87.4 cm³/mol. The van der Waals surface area contributed by atoms with Gasteiger partial charge in [0.2, 0.25) is 0 Å². The van der Waals surface area contributed by atoms with Gasteiger partial charge in [0, 0.05) is 18.8 Å². The molecule has 0 aliphatic carbocycles. The molecule has 4 heteroatoms. The molecule has 1 atom stereocenters. The summed E-state index contributed by atoms with van der Waals surface area (Å²) in [6, 6.07) is 12.9. The van der Waals surface area contributed by atoms with Crippen LogP contribution in [-0.4, -0.2) is 13.1 Å². The molecule has 2 aromatic carbocycles. The third kappa shape index (κ3) is 3.36. The fraction of sp³-hybridized carbons (Fsp3) is 0.294. The van der Waals surface area contributed by atoms with Gasteiger partial charge in [-0.2, -0.15) is 0 Å². The van der Waals surface area contributed by atoms with Crippen molar-refractivity contribution in [3.63, 3.8) is 0 Å². The Labute approximate surface area is 130 Å². The van der Waals surface area contributed by atoms with Crippen molar-refractivity contribution in [2.75, 3.05) is 18.0 Å². The summed E-state index contributed by atoms with van der Waals surface area (Å²) in [6.45, 7) is 5.40. The second kappa shape index (κ2) is 6.92. The Kier molecular flexibility index (Phi) is 5.21. The van der Waals surface area contributed by atoms with Crippen LogP contribution in [0.4, 0.5) is 10.1 Å². The Balaban J connectivity index is 2.42. The zero-order chi connectivity index (χ0) is 15.4. The van der Waals surface area contributed by atoms with Crippen LogP contribution in [0, 0.1) is 12.7 Å². The number of nitrogens with two attached hydrogens (primary N) is 1. The number of para-hydroxylation sites is 1. The summed E-state index contributed by atoms with van der Waals surface area (Å²) in [5, 5.41) is 0.131. The van der Waals surface area contributed by atoms with Gasteiger partial charge in [-0.05, 0) is 43.2 Å². The standard InChI is InChI=1S/C17H20ClFN2/c1-3-21(16-7-5-4-6-12(16)2)17(11-20)13-8-9-15(19)14(18)10-13/h4-10,17H,3,11,20H2,1-2H3. The van der Waals surface area contributed by atoms with Gasteiger partial charge in [-0.1, -0.05) is 35.9 Å². The maximum atomic E-state index is 13.4. The quantitative estimate of drug-likeness (QED) is 0.891. The third-order valence-electron chi connectivity index (χ3n) is 3.69. The summed E-state index contributed by atoms with van der Waals surface area (Å²) >= 11 is 5.91. The molecule has 0 amide bonds. The average molecular weight is 307 g/mol. The lowest BCUT2D eigenvalue weighted by Gasteiger charge is -2.33. The lowest BCUT2D eigenvalue weighted by Crippen LogP contribution is -2.34. The number of rotatable bonds is 5. The van der Waals surface area contributed by atoms with E-state index >= 15 is 0 Å². The van der Waals surface area contributed by atoms with Crippen molar-refractivity contribution in [1.82, 2.24) is 0 Å². The van der Waals surface area contributed by atoms with Crippen molar-refractivity contribution in [2.24, 2.45) is 5.73 Å².